The summed E-state index contributed by atoms with van der Waals surface area (Å²) >= 11 is 0. The van der Waals surface area contributed by atoms with E-state index in [0.29, 0.717) is 17.8 Å². The number of hydrogen-bond acceptors (Lipinski definition) is 2. The van der Waals surface area contributed by atoms with E-state index >= 15 is 0 Å². The first-order valence-electron chi connectivity index (χ1n) is 7.20. The molecule has 4 rings (SSSR count). The fourth-order valence-corrected chi connectivity index (χ4v) is 5.10. The number of rotatable bonds is 4. The van der Waals surface area contributed by atoms with E-state index in [2.05, 4.69) is 13.2 Å². The molecule has 0 spiro atoms. The Morgan fingerprint density at radius 1 is 1.26 bits per heavy atom. The lowest BCUT2D eigenvalue weighted by molar-refractivity contribution is -0.211. The van der Waals surface area contributed by atoms with Crippen molar-refractivity contribution < 1.29 is 13.9 Å². The van der Waals surface area contributed by atoms with E-state index in [1.807, 2.05) is 0 Å². The number of halogens is 1. The topological polar surface area (TPSA) is 26.3 Å². The quantitative estimate of drug-likeness (QED) is 0.442. The highest BCUT2D eigenvalue weighted by Gasteiger charge is 2.61. The molecule has 4 unspecified atom stereocenters. The van der Waals surface area contributed by atoms with Crippen LogP contribution in [0, 0.1) is 23.7 Å². The molecular formula is C16H21FO2. The third-order valence-electron chi connectivity index (χ3n) is 5.36. The number of carbonyl (C=O) groups is 1. The van der Waals surface area contributed by atoms with Gasteiger partial charge in [-0.2, -0.15) is 0 Å². The zero-order chi connectivity index (χ0) is 13.6. The molecule has 4 aliphatic rings. The maximum absolute atomic E-state index is 14.3. The van der Waals surface area contributed by atoms with Crippen LogP contribution in [0.4, 0.5) is 4.39 Å². The first kappa shape index (κ1) is 12.9. The predicted molar refractivity (Wildman–Crippen MR) is 71.2 cm³/mol. The zero-order valence-corrected chi connectivity index (χ0v) is 11.2. The van der Waals surface area contributed by atoms with Gasteiger partial charge in [-0.05, 0) is 49.9 Å². The molecule has 0 N–H and O–H groups in total. The molecule has 0 aromatic carbocycles. The summed E-state index contributed by atoms with van der Waals surface area (Å²) in [7, 11) is 0. The largest absolute Gasteiger partial charge is 0.455 e. The molecule has 4 bridgehead atoms. The molecule has 4 fully saturated rings. The van der Waals surface area contributed by atoms with Crippen LogP contribution in [0.5, 0.6) is 0 Å². The Bertz CT molecular complexity index is 403. The van der Waals surface area contributed by atoms with Crippen molar-refractivity contribution in [3.8, 4) is 0 Å². The molecule has 4 atom stereocenters. The van der Waals surface area contributed by atoms with E-state index < -0.39 is 17.7 Å². The minimum atomic E-state index is -1.08. The summed E-state index contributed by atoms with van der Waals surface area (Å²) in [6, 6.07) is 0. The van der Waals surface area contributed by atoms with Gasteiger partial charge in [0.05, 0.1) is 0 Å². The SMILES string of the molecule is C=CC(=O)OC12CC3CC(CC(C3)C1C(F)C=C)C2. The van der Waals surface area contributed by atoms with Crippen molar-refractivity contribution in [3.05, 3.63) is 25.3 Å². The molecule has 104 valence electrons. The average molecular weight is 264 g/mol. The van der Waals surface area contributed by atoms with Gasteiger partial charge in [-0.15, -0.1) is 6.58 Å². The molecule has 4 aliphatic carbocycles. The molecule has 0 saturated heterocycles. The maximum atomic E-state index is 14.3. The van der Waals surface area contributed by atoms with Crippen molar-refractivity contribution in [3.63, 3.8) is 0 Å². The molecule has 0 heterocycles. The molecular weight excluding hydrogens is 243 g/mol. The molecule has 3 heteroatoms. The van der Waals surface area contributed by atoms with Crippen LogP contribution in [0.3, 0.4) is 0 Å². The zero-order valence-electron chi connectivity index (χ0n) is 11.2. The molecule has 0 aromatic rings. The van der Waals surface area contributed by atoms with Crippen LogP contribution < -0.4 is 0 Å². The minimum absolute atomic E-state index is 0.207. The Morgan fingerprint density at radius 2 is 1.89 bits per heavy atom. The molecule has 19 heavy (non-hydrogen) atoms. The summed E-state index contributed by atoms with van der Waals surface area (Å²) in [5.74, 6) is 0.925. The highest BCUT2D eigenvalue weighted by Crippen LogP contribution is 2.61. The van der Waals surface area contributed by atoms with Gasteiger partial charge in [0.2, 0.25) is 0 Å². The molecule has 2 nitrogen and oxygen atoms in total. The van der Waals surface area contributed by atoms with E-state index in [1.165, 1.54) is 18.6 Å². The Labute approximate surface area is 113 Å². The van der Waals surface area contributed by atoms with Gasteiger partial charge >= 0.3 is 5.97 Å². The lowest BCUT2D eigenvalue weighted by Crippen LogP contribution is -2.61. The summed E-state index contributed by atoms with van der Waals surface area (Å²) in [6.45, 7) is 7.05. The Kier molecular flexibility index (Phi) is 3.03. The summed E-state index contributed by atoms with van der Waals surface area (Å²) < 4.78 is 20.0. The first-order chi connectivity index (χ1) is 9.08. The van der Waals surface area contributed by atoms with Gasteiger partial charge in [-0.25, -0.2) is 9.18 Å². The van der Waals surface area contributed by atoms with Gasteiger partial charge in [0.1, 0.15) is 11.8 Å². The number of esters is 1. The van der Waals surface area contributed by atoms with E-state index in [1.54, 1.807) is 0 Å². The van der Waals surface area contributed by atoms with E-state index in [4.69, 9.17) is 4.74 Å². The second-order valence-electron chi connectivity index (χ2n) is 6.50. The number of ether oxygens (including phenoxy) is 1. The van der Waals surface area contributed by atoms with Crippen LogP contribution in [-0.4, -0.2) is 17.7 Å². The standard InChI is InChI=1S/C16H21FO2/c1-3-13(17)15-12-6-10-5-11(7-12)9-16(15,8-10)19-14(18)4-2/h3-4,10-13,15H,1-2,5-9H2. The van der Waals surface area contributed by atoms with Crippen LogP contribution in [0.2, 0.25) is 0 Å². The monoisotopic (exact) mass is 264 g/mol. The van der Waals surface area contributed by atoms with Gasteiger partial charge in [0, 0.05) is 12.0 Å². The fraction of sp³-hybridized carbons (Fsp3) is 0.688. The van der Waals surface area contributed by atoms with Crippen LogP contribution in [0.15, 0.2) is 25.3 Å². The average Bonchev–Trinajstić information content (AvgIpc) is 2.36. The van der Waals surface area contributed by atoms with Crippen molar-refractivity contribution in [1.82, 2.24) is 0 Å². The summed E-state index contributed by atoms with van der Waals surface area (Å²) in [5, 5.41) is 0. The van der Waals surface area contributed by atoms with Crippen LogP contribution in [0.25, 0.3) is 0 Å². The lowest BCUT2D eigenvalue weighted by atomic mass is 9.48. The first-order valence-corrected chi connectivity index (χ1v) is 7.20. The summed E-state index contributed by atoms with van der Waals surface area (Å²) in [4.78, 5) is 11.7. The third kappa shape index (κ3) is 1.94. The van der Waals surface area contributed by atoms with E-state index in [0.717, 1.165) is 25.7 Å². The highest BCUT2D eigenvalue weighted by atomic mass is 19.1. The Morgan fingerprint density at radius 3 is 2.42 bits per heavy atom. The minimum Gasteiger partial charge on any atom is -0.455 e. The van der Waals surface area contributed by atoms with Crippen molar-refractivity contribution in [1.29, 1.82) is 0 Å². The predicted octanol–water partition coefficient (Wildman–Crippen LogP) is 3.43. The van der Waals surface area contributed by atoms with Gasteiger partial charge in [-0.3, -0.25) is 0 Å². The molecule has 0 aliphatic heterocycles. The fourth-order valence-electron chi connectivity index (χ4n) is 5.10. The summed E-state index contributed by atoms with van der Waals surface area (Å²) in [6.07, 6.45) is 6.51. The number of alkyl halides is 1. The second-order valence-corrected chi connectivity index (χ2v) is 6.50. The number of carbonyl (C=O) groups excluding carboxylic acids is 1. The molecule has 0 aromatic heterocycles. The highest BCUT2D eigenvalue weighted by molar-refractivity contribution is 5.81. The third-order valence-corrected chi connectivity index (χ3v) is 5.36. The normalized spacial score (nSPS) is 44.7. The van der Waals surface area contributed by atoms with Crippen LogP contribution >= 0.6 is 0 Å². The van der Waals surface area contributed by atoms with Crippen molar-refractivity contribution in [2.24, 2.45) is 23.7 Å². The van der Waals surface area contributed by atoms with E-state index in [9.17, 15) is 9.18 Å². The van der Waals surface area contributed by atoms with Gasteiger partial charge < -0.3 is 4.74 Å². The molecule has 4 saturated carbocycles. The van der Waals surface area contributed by atoms with Crippen molar-refractivity contribution in [2.75, 3.05) is 0 Å². The molecule has 0 radical (unpaired) electrons. The smallest absolute Gasteiger partial charge is 0.330 e. The second kappa shape index (κ2) is 4.46. The van der Waals surface area contributed by atoms with Crippen molar-refractivity contribution >= 4 is 5.97 Å². The van der Waals surface area contributed by atoms with E-state index in [-0.39, 0.29) is 5.92 Å². The van der Waals surface area contributed by atoms with Gasteiger partial charge in [0.25, 0.3) is 0 Å². The lowest BCUT2D eigenvalue weighted by Gasteiger charge is -2.60. The van der Waals surface area contributed by atoms with Gasteiger partial charge in [0.15, 0.2) is 0 Å². The molecule has 0 amide bonds. The Balaban J connectivity index is 1.94. The maximum Gasteiger partial charge on any atom is 0.330 e. The summed E-state index contributed by atoms with van der Waals surface area (Å²) in [5.41, 5.74) is -0.604. The number of hydrogen-bond donors (Lipinski definition) is 0. The Hall–Kier alpha value is -1.12. The van der Waals surface area contributed by atoms with Crippen molar-refractivity contribution in [2.45, 2.75) is 43.9 Å². The van der Waals surface area contributed by atoms with Crippen LogP contribution in [-0.2, 0) is 9.53 Å². The van der Waals surface area contributed by atoms with Crippen LogP contribution in [0.1, 0.15) is 32.1 Å². The number of allylic oxidation sites excluding steroid dienone is 1. The van der Waals surface area contributed by atoms with Gasteiger partial charge in [-0.1, -0.05) is 12.7 Å².